The van der Waals surface area contributed by atoms with Crippen LogP contribution in [0.4, 0.5) is 11.4 Å². The van der Waals surface area contributed by atoms with E-state index in [4.69, 9.17) is 21.1 Å². The predicted octanol–water partition coefficient (Wildman–Crippen LogP) is 2.81. The highest BCUT2D eigenvalue weighted by atomic mass is 35.5. The number of carbonyl (C=O) groups excluding carboxylic acids is 3. The molecule has 0 fully saturated rings. The minimum Gasteiger partial charge on any atom is -0.492 e. The number of fused-ring (bicyclic) bond motifs is 2. The van der Waals surface area contributed by atoms with Gasteiger partial charge in [0.25, 0.3) is 5.91 Å². The van der Waals surface area contributed by atoms with Crippen molar-refractivity contribution in [3.05, 3.63) is 53.1 Å². The number of carbonyl (C=O) groups is 3. The van der Waals surface area contributed by atoms with Crippen LogP contribution in [0.1, 0.15) is 12.5 Å². The fourth-order valence-corrected chi connectivity index (χ4v) is 3.68. The maximum absolute atomic E-state index is 12.9. The average molecular weight is 415 g/mol. The number of nitrogens with zero attached hydrogens (tertiary/aromatic N) is 1. The van der Waals surface area contributed by atoms with Crippen molar-refractivity contribution in [3.63, 3.8) is 0 Å². The fourth-order valence-electron chi connectivity index (χ4n) is 3.48. The minimum absolute atomic E-state index is 0.129. The van der Waals surface area contributed by atoms with Gasteiger partial charge in [-0.15, -0.1) is 0 Å². The first-order valence-corrected chi connectivity index (χ1v) is 9.62. The number of amides is 2. The van der Waals surface area contributed by atoms with Crippen LogP contribution >= 0.6 is 11.6 Å². The number of rotatable bonds is 3. The van der Waals surface area contributed by atoms with E-state index in [9.17, 15) is 14.4 Å². The molecule has 0 saturated heterocycles. The number of hydrogen-bond donors (Lipinski definition) is 1. The lowest BCUT2D eigenvalue weighted by Gasteiger charge is -2.31. The van der Waals surface area contributed by atoms with Crippen LogP contribution in [-0.2, 0) is 25.5 Å². The molecule has 4 rings (SSSR count). The lowest BCUT2D eigenvalue weighted by molar-refractivity contribution is -0.159. The van der Waals surface area contributed by atoms with E-state index < -0.39 is 23.9 Å². The molecule has 2 atom stereocenters. The Morgan fingerprint density at radius 3 is 2.90 bits per heavy atom. The molecular formula is C21H19ClN2O5. The second kappa shape index (κ2) is 7.75. The molecule has 0 spiro atoms. The molecule has 0 radical (unpaired) electrons. The zero-order valence-corrected chi connectivity index (χ0v) is 16.4. The zero-order chi connectivity index (χ0) is 20.5. The summed E-state index contributed by atoms with van der Waals surface area (Å²) in [4.78, 5) is 38.8. The van der Waals surface area contributed by atoms with Crippen molar-refractivity contribution in [1.82, 2.24) is 0 Å². The summed E-state index contributed by atoms with van der Waals surface area (Å²) in [6.07, 6.45) is -0.618. The summed E-state index contributed by atoms with van der Waals surface area (Å²) in [5.74, 6) is -1.12. The molecule has 2 amide bonds. The highest BCUT2D eigenvalue weighted by Gasteiger charge is 2.34. The predicted molar refractivity (Wildman–Crippen MR) is 107 cm³/mol. The summed E-state index contributed by atoms with van der Waals surface area (Å²) in [6, 6.07) is 12.2. The summed E-state index contributed by atoms with van der Waals surface area (Å²) >= 11 is 6.01. The third-order valence-electron chi connectivity index (χ3n) is 4.94. The van der Waals surface area contributed by atoms with Crippen LogP contribution in [0.5, 0.6) is 5.75 Å². The first-order chi connectivity index (χ1) is 13.9. The lowest BCUT2D eigenvalue weighted by Crippen LogP contribution is -2.47. The number of nitrogens with one attached hydrogen (secondary N) is 1. The Labute approximate surface area is 172 Å². The Hall–Kier alpha value is -3.06. The number of esters is 1. The Balaban J connectivity index is 1.44. The number of anilines is 2. The molecule has 150 valence electrons. The van der Waals surface area contributed by atoms with Gasteiger partial charge in [-0.3, -0.25) is 19.3 Å². The summed E-state index contributed by atoms with van der Waals surface area (Å²) in [5.41, 5.74) is 1.95. The van der Waals surface area contributed by atoms with Gasteiger partial charge in [-0.1, -0.05) is 23.7 Å². The van der Waals surface area contributed by atoms with E-state index in [1.54, 1.807) is 42.5 Å². The molecule has 2 heterocycles. The van der Waals surface area contributed by atoms with E-state index in [1.165, 1.54) is 11.8 Å². The molecule has 2 aromatic carbocycles. The van der Waals surface area contributed by atoms with Gasteiger partial charge in [0.15, 0.2) is 6.10 Å². The topological polar surface area (TPSA) is 84.9 Å². The molecule has 2 aliphatic rings. The normalized spacial score (nSPS) is 18.6. The number of hydrogen-bond acceptors (Lipinski definition) is 5. The monoisotopic (exact) mass is 414 g/mol. The van der Waals surface area contributed by atoms with E-state index in [2.05, 4.69) is 5.32 Å². The van der Waals surface area contributed by atoms with Crippen LogP contribution in [0.15, 0.2) is 42.5 Å². The smallest absolute Gasteiger partial charge is 0.313 e. The van der Waals surface area contributed by atoms with Gasteiger partial charge >= 0.3 is 5.97 Å². The van der Waals surface area contributed by atoms with Crippen molar-refractivity contribution in [1.29, 1.82) is 0 Å². The molecule has 7 nitrogen and oxygen atoms in total. The first-order valence-electron chi connectivity index (χ1n) is 9.24. The molecule has 0 bridgehead atoms. The Bertz CT molecular complexity index is 993. The van der Waals surface area contributed by atoms with E-state index in [0.717, 1.165) is 5.56 Å². The van der Waals surface area contributed by atoms with Gasteiger partial charge < -0.3 is 14.8 Å². The SMILES string of the molecule is C[C@H](OC(=O)[C@@H]1COc2ccc(Cl)cc2C1)C(=O)N1CC(=O)Nc2ccccc21. The van der Waals surface area contributed by atoms with Gasteiger partial charge in [0, 0.05) is 5.02 Å². The summed E-state index contributed by atoms with van der Waals surface area (Å²) in [6.45, 7) is 1.54. The van der Waals surface area contributed by atoms with Crippen molar-refractivity contribution in [2.45, 2.75) is 19.4 Å². The van der Waals surface area contributed by atoms with Gasteiger partial charge in [0.05, 0.1) is 17.3 Å². The molecule has 0 unspecified atom stereocenters. The quantitative estimate of drug-likeness (QED) is 0.780. The lowest BCUT2D eigenvalue weighted by atomic mass is 9.97. The van der Waals surface area contributed by atoms with Crippen LogP contribution in [0.2, 0.25) is 5.02 Å². The van der Waals surface area contributed by atoms with Gasteiger partial charge in [0.2, 0.25) is 5.91 Å². The van der Waals surface area contributed by atoms with Gasteiger partial charge in [-0.25, -0.2) is 0 Å². The van der Waals surface area contributed by atoms with Crippen LogP contribution in [0.3, 0.4) is 0 Å². The molecule has 2 aliphatic heterocycles. The van der Waals surface area contributed by atoms with Gasteiger partial charge in [0.1, 0.15) is 18.9 Å². The average Bonchev–Trinajstić information content (AvgIpc) is 2.71. The van der Waals surface area contributed by atoms with Crippen LogP contribution in [0, 0.1) is 5.92 Å². The van der Waals surface area contributed by atoms with Crippen LogP contribution < -0.4 is 15.0 Å². The maximum atomic E-state index is 12.9. The second-order valence-electron chi connectivity index (χ2n) is 7.03. The third kappa shape index (κ3) is 3.91. The van der Waals surface area contributed by atoms with E-state index in [0.29, 0.717) is 28.6 Å². The van der Waals surface area contributed by atoms with E-state index >= 15 is 0 Å². The van der Waals surface area contributed by atoms with Crippen molar-refractivity contribution < 1.29 is 23.9 Å². The zero-order valence-electron chi connectivity index (χ0n) is 15.7. The van der Waals surface area contributed by atoms with E-state index in [1.807, 2.05) is 0 Å². The van der Waals surface area contributed by atoms with Crippen molar-refractivity contribution in [2.24, 2.45) is 5.92 Å². The van der Waals surface area contributed by atoms with Crippen LogP contribution in [-0.4, -0.2) is 37.0 Å². The highest BCUT2D eigenvalue weighted by Crippen LogP contribution is 2.31. The molecule has 0 aromatic heterocycles. The molecule has 8 heteroatoms. The summed E-state index contributed by atoms with van der Waals surface area (Å²) in [5, 5.41) is 3.28. The summed E-state index contributed by atoms with van der Waals surface area (Å²) in [7, 11) is 0. The molecule has 2 aromatic rings. The van der Waals surface area contributed by atoms with Crippen molar-refractivity contribution in [2.75, 3.05) is 23.4 Å². The molecule has 0 saturated carbocycles. The highest BCUT2D eigenvalue weighted by molar-refractivity contribution is 6.30. The Kier molecular flexibility index (Phi) is 5.15. The van der Waals surface area contributed by atoms with Crippen LogP contribution in [0.25, 0.3) is 0 Å². The first kappa shape index (κ1) is 19.3. The largest absolute Gasteiger partial charge is 0.492 e. The Morgan fingerprint density at radius 2 is 2.07 bits per heavy atom. The number of benzene rings is 2. The van der Waals surface area contributed by atoms with Crippen molar-refractivity contribution in [3.8, 4) is 5.75 Å². The Morgan fingerprint density at radius 1 is 1.28 bits per heavy atom. The molecule has 1 N–H and O–H groups in total. The molecular weight excluding hydrogens is 396 g/mol. The van der Waals surface area contributed by atoms with Gasteiger partial charge in [-0.05, 0) is 49.2 Å². The maximum Gasteiger partial charge on any atom is 0.313 e. The third-order valence-corrected chi connectivity index (χ3v) is 5.17. The number of halogens is 1. The molecule has 29 heavy (non-hydrogen) atoms. The minimum atomic E-state index is -1.04. The fraction of sp³-hybridized carbons (Fsp3) is 0.286. The standard InChI is InChI=1S/C21H19ClN2O5/c1-12(20(26)24-10-19(25)23-16-4-2-3-5-17(16)24)29-21(27)14-8-13-9-15(22)6-7-18(13)28-11-14/h2-7,9,12,14H,8,10-11H2,1H3,(H,23,25)/t12-,14-/m0/s1. The second-order valence-corrected chi connectivity index (χ2v) is 7.47. The number of ether oxygens (including phenoxy) is 2. The number of para-hydroxylation sites is 2. The summed E-state index contributed by atoms with van der Waals surface area (Å²) < 4.78 is 11.0. The molecule has 0 aliphatic carbocycles. The van der Waals surface area contributed by atoms with Crippen molar-refractivity contribution >= 4 is 40.8 Å². The van der Waals surface area contributed by atoms with Gasteiger partial charge in [-0.2, -0.15) is 0 Å². The van der Waals surface area contributed by atoms with E-state index in [-0.39, 0.29) is 19.1 Å².